The van der Waals surface area contributed by atoms with E-state index in [1.165, 1.54) is 0 Å². The van der Waals surface area contributed by atoms with Crippen LogP contribution in [0.2, 0.25) is 0 Å². The summed E-state index contributed by atoms with van der Waals surface area (Å²) < 4.78 is 1.98. The summed E-state index contributed by atoms with van der Waals surface area (Å²) >= 11 is 0. The second kappa shape index (κ2) is 3.69. The number of aryl methyl sites for hydroxylation is 1. The van der Waals surface area contributed by atoms with Crippen molar-refractivity contribution >= 4 is 5.78 Å². The maximum atomic E-state index is 11.1. The van der Waals surface area contributed by atoms with Gasteiger partial charge in [0.15, 0.2) is 5.78 Å². The minimum atomic E-state index is 0.0869. The molecule has 0 fully saturated rings. The Morgan fingerprint density at radius 3 is 2.40 bits per heavy atom. The van der Waals surface area contributed by atoms with Crippen LogP contribution >= 0.6 is 0 Å². The van der Waals surface area contributed by atoms with E-state index < -0.39 is 0 Å². The Labute approximate surface area is 88.4 Å². The van der Waals surface area contributed by atoms with Crippen molar-refractivity contribution in [2.75, 3.05) is 0 Å². The third-order valence-corrected chi connectivity index (χ3v) is 2.38. The molecular formula is C12H12N2O. The summed E-state index contributed by atoms with van der Waals surface area (Å²) in [5.41, 5.74) is 1.76. The number of carbonyl (C=O) groups is 1. The minimum Gasteiger partial charge on any atom is -0.304 e. The highest BCUT2D eigenvalue weighted by atomic mass is 16.1. The topological polar surface area (TPSA) is 34.9 Å². The number of Topliss-reactive ketones (excluding diaryl/α,β-unsaturated/α-hetero) is 1. The highest BCUT2D eigenvalue weighted by molar-refractivity contribution is 5.94. The van der Waals surface area contributed by atoms with Crippen molar-refractivity contribution in [3.05, 3.63) is 48.0 Å². The predicted molar refractivity (Wildman–Crippen MR) is 58.3 cm³/mol. The van der Waals surface area contributed by atoms with Gasteiger partial charge in [0.2, 0.25) is 0 Å². The number of hydrogen-bond donors (Lipinski definition) is 0. The zero-order valence-corrected chi connectivity index (χ0v) is 8.77. The molecule has 3 heteroatoms. The summed E-state index contributed by atoms with van der Waals surface area (Å²) in [6, 6.07) is 7.51. The quantitative estimate of drug-likeness (QED) is 0.697. The summed E-state index contributed by atoms with van der Waals surface area (Å²) in [7, 11) is 0. The number of imidazole rings is 1. The van der Waals surface area contributed by atoms with Crippen molar-refractivity contribution in [1.82, 2.24) is 9.55 Å². The van der Waals surface area contributed by atoms with Crippen molar-refractivity contribution < 1.29 is 4.79 Å². The Kier molecular flexibility index (Phi) is 2.37. The maximum absolute atomic E-state index is 11.1. The minimum absolute atomic E-state index is 0.0869. The van der Waals surface area contributed by atoms with Crippen LogP contribution in [0.25, 0.3) is 5.69 Å². The number of carbonyl (C=O) groups excluding carboxylic acids is 1. The standard InChI is InChI=1S/C12H12N2O/c1-9(15)11-3-5-12(6-4-11)14-8-7-13-10(14)2/h3-8H,1-2H3. The molecule has 0 unspecified atom stereocenters. The lowest BCUT2D eigenvalue weighted by atomic mass is 10.1. The normalized spacial score (nSPS) is 10.3. The molecule has 0 radical (unpaired) electrons. The lowest BCUT2D eigenvalue weighted by molar-refractivity contribution is 0.101. The molecule has 0 N–H and O–H groups in total. The van der Waals surface area contributed by atoms with Gasteiger partial charge in [-0.15, -0.1) is 0 Å². The van der Waals surface area contributed by atoms with E-state index in [-0.39, 0.29) is 5.78 Å². The molecule has 2 rings (SSSR count). The highest BCUT2D eigenvalue weighted by Crippen LogP contribution is 2.11. The molecule has 3 nitrogen and oxygen atoms in total. The molecule has 0 saturated carbocycles. The van der Waals surface area contributed by atoms with E-state index in [1.807, 2.05) is 42.0 Å². The monoisotopic (exact) mass is 200 g/mol. The summed E-state index contributed by atoms with van der Waals surface area (Å²) in [5, 5.41) is 0. The molecule has 0 aliphatic carbocycles. The van der Waals surface area contributed by atoms with Gasteiger partial charge in [0.05, 0.1) is 0 Å². The Balaban J connectivity index is 2.40. The fraction of sp³-hybridized carbons (Fsp3) is 0.167. The predicted octanol–water partition coefficient (Wildman–Crippen LogP) is 2.38. The molecule has 0 spiro atoms. The van der Waals surface area contributed by atoms with Crippen LogP contribution in [0.15, 0.2) is 36.7 Å². The number of nitrogens with zero attached hydrogens (tertiary/aromatic N) is 2. The highest BCUT2D eigenvalue weighted by Gasteiger charge is 2.02. The fourth-order valence-electron chi connectivity index (χ4n) is 1.51. The molecule has 1 aromatic heterocycles. The van der Waals surface area contributed by atoms with Crippen LogP contribution in [0.4, 0.5) is 0 Å². The number of ketones is 1. The first-order chi connectivity index (χ1) is 7.18. The van der Waals surface area contributed by atoms with Crippen molar-refractivity contribution in [2.24, 2.45) is 0 Å². The fourth-order valence-corrected chi connectivity index (χ4v) is 1.51. The molecule has 1 heterocycles. The van der Waals surface area contributed by atoms with Crippen LogP contribution in [0.3, 0.4) is 0 Å². The first kappa shape index (κ1) is 9.65. The van der Waals surface area contributed by atoms with Gasteiger partial charge in [-0.2, -0.15) is 0 Å². The van der Waals surface area contributed by atoms with Gasteiger partial charge in [0.25, 0.3) is 0 Å². The van der Waals surface area contributed by atoms with Gasteiger partial charge in [-0.25, -0.2) is 4.98 Å². The SMILES string of the molecule is CC(=O)c1ccc(-n2ccnc2C)cc1. The Morgan fingerprint density at radius 1 is 1.27 bits per heavy atom. The van der Waals surface area contributed by atoms with Gasteiger partial charge < -0.3 is 4.57 Å². The van der Waals surface area contributed by atoms with E-state index in [4.69, 9.17) is 0 Å². The summed E-state index contributed by atoms with van der Waals surface area (Å²) in [6.07, 6.45) is 3.66. The zero-order valence-electron chi connectivity index (χ0n) is 8.77. The van der Waals surface area contributed by atoms with Gasteiger partial charge in [-0.1, -0.05) is 0 Å². The Hall–Kier alpha value is -1.90. The van der Waals surface area contributed by atoms with Crippen molar-refractivity contribution in [2.45, 2.75) is 13.8 Å². The molecule has 2 aromatic rings. The van der Waals surface area contributed by atoms with Gasteiger partial charge in [0, 0.05) is 23.6 Å². The van der Waals surface area contributed by atoms with Crippen molar-refractivity contribution in [1.29, 1.82) is 0 Å². The molecule has 15 heavy (non-hydrogen) atoms. The molecular weight excluding hydrogens is 188 g/mol. The lowest BCUT2D eigenvalue weighted by Crippen LogP contribution is -1.97. The van der Waals surface area contributed by atoms with Crippen LogP contribution in [-0.4, -0.2) is 15.3 Å². The molecule has 0 bridgehead atoms. The Bertz CT molecular complexity index is 483. The van der Waals surface area contributed by atoms with Crippen LogP contribution in [0.5, 0.6) is 0 Å². The Morgan fingerprint density at radius 2 is 1.93 bits per heavy atom. The molecule has 0 atom stereocenters. The van der Waals surface area contributed by atoms with E-state index in [2.05, 4.69) is 4.98 Å². The molecule has 76 valence electrons. The lowest BCUT2D eigenvalue weighted by Gasteiger charge is -2.05. The van der Waals surface area contributed by atoms with Gasteiger partial charge >= 0.3 is 0 Å². The number of rotatable bonds is 2. The maximum Gasteiger partial charge on any atom is 0.159 e. The van der Waals surface area contributed by atoms with E-state index in [1.54, 1.807) is 13.1 Å². The van der Waals surface area contributed by atoms with Crippen LogP contribution in [-0.2, 0) is 0 Å². The second-order valence-corrected chi connectivity index (χ2v) is 3.45. The average molecular weight is 200 g/mol. The average Bonchev–Trinajstić information content (AvgIpc) is 2.65. The summed E-state index contributed by atoms with van der Waals surface area (Å²) in [5.74, 6) is 1.02. The van der Waals surface area contributed by atoms with Crippen LogP contribution < -0.4 is 0 Å². The van der Waals surface area contributed by atoms with Crippen molar-refractivity contribution in [3.63, 3.8) is 0 Å². The third kappa shape index (κ3) is 1.81. The third-order valence-electron chi connectivity index (χ3n) is 2.38. The largest absolute Gasteiger partial charge is 0.304 e. The van der Waals surface area contributed by atoms with Crippen LogP contribution in [0.1, 0.15) is 23.1 Å². The van der Waals surface area contributed by atoms with Crippen LogP contribution in [0, 0.1) is 6.92 Å². The summed E-state index contributed by atoms with van der Waals surface area (Å²) in [6.45, 7) is 3.51. The van der Waals surface area contributed by atoms with Gasteiger partial charge in [-0.05, 0) is 38.1 Å². The van der Waals surface area contributed by atoms with Gasteiger partial charge in [-0.3, -0.25) is 4.79 Å². The first-order valence-electron chi connectivity index (χ1n) is 4.80. The number of aromatic nitrogens is 2. The molecule has 0 saturated heterocycles. The van der Waals surface area contributed by atoms with E-state index in [0.717, 1.165) is 17.1 Å². The molecule has 0 aliphatic heterocycles. The van der Waals surface area contributed by atoms with Crippen molar-refractivity contribution in [3.8, 4) is 5.69 Å². The first-order valence-corrected chi connectivity index (χ1v) is 4.80. The van der Waals surface area contributed by atoms with Gasteiger partial charge in [0.1, 0.15) is 5.82 Å². The number of hydrogen-bond acceptors (Lipinski definition) is 2. The van der Waals surface area contributed by atoms with E-state index in [9.17, 15) is 4.79 Å². The zero-order chi connectivity index (χ0) is 10.8. The molecule has 0 amide bonds. The number of benzene rings is 1. The second-order valence-electron chi connectivity index (χ2n) is 3.45. The smallest absolute Gasteiger partial charge is 0.159 e. The van der Waals surface area contributed by atoms with E-state index >= 15 is 0 Å². The summed E-state index contributed by atoms with van der Waals surface area (Å²) in [4.78, 5) is 15.2. The molecule has 0 aliphatic rings. The molecule has 1 aromatic carbocycles. The van der Waals surface area contributed by atoms with E-state index in [0.29, 0.717) is 0 Å².